The molecule has 0 atom stereocenters. The molecule has 0 saturated carbocycles. The molecule has 1 fully saturated rings. The molecule has 0 radical (unpaired) electrons. The van der Waals surface area contributed by atoms with E-state index in [4.69, 9.17) is 4.74 Å². The second kappa shape index (κ2) is 7.04. The third-order valence-electron chi connectivity index (χ3n) is 2.98. The van der Waals surface area contributed by atoms with Gasteiger partial charge in [-0.25, -0.2) is 9.97 Å². The Balaban J connectivity index is 2.25. The second-order valence-electron chi connectivity index (χ2n) is 4.62. The molecule has 0 aromatic carbocycles. The summed E-state index contributed by atoms with van der Waals surface area (Å²) in [6.07, 6.45) is 0.909. The predicted molar refractivity (Wildman–Crippen MR) is 76.7 cm³/mol. The first-order chi connectivity index (χ1) is 9.72. The fraction of sp³-hybridized carbons (Fsp3) is 0.615. The van der Waals surface area contributed by atoms with Gasteiger partial charge >= 0.3 is 0 Å². The zero-order valence-electron chi connectivity index (χ0n) is 12.0. The fourth-order valence-electron chi connectivity index (χ4n) is 2.11. The minimum absolute atomic E-state index is 0.0272. The van der Waals surface area contributed by atoms with E-state index in [0.29, 0.717) is 25.5 Å². The molecule has 2 rings (SSSR count). The number of nitrogens with one attached hydrogen (secondary N) is 2. The number of ether oxygens (including phenoxy) is 1. The van der Waals surface area contributed by atoms with Crippen LogP contribution in [0.1, 0.15) is 19.2 Å². The van der Waals surface area contributed by atoms with Crippen molar-refractivity contribution in [3.8, 4) is 0 Å². The van der Waals surface area contributed by atoms with Crippen LogP contribution in [0.2, 0.25) is 0 Å². The lowest BCUT2D eigenvalue weighted by Gasteiger charge is -2.21. The van der Waals surface area contributed by atoms with Crippen LogP contribution < -0.4 is 15.5 Å². The molecule has 1 aromatic rings. The maximum absolute atomic E-state index is 11.7. The fourth-order valence-corrected chi connectivity index (χ4v) is 2.11. The van der Waals surface area contributed by atoms with Crippen LogP contribution in [0.25, 0.3) is 0 Å². The number of carbonyl (C=O) groups excluding carboxylic acids is 1. The third kappa shape index (κ3) is 3.80. The van der Waals surface area contributed by atoms with Gasteiger partial charge in [-0.3, -0.25) is 4.79 Å². The summed E-state index contributed by atoms with van der Waals surface area (Å²) in [5.74, 6) is 2.17. The third-order valence-corrected chi connectivity index (χ3v) is 2.98. The van der Waals surface area contributed by atoms with E-state index in [0.717, 1.165) is 31.1 Å². The highest BCUT2D eigenvalue weighted by Gasteiger charge is 2.17. The number of methoxy groups -OCH3 is 1. The molecule has 110 valence electrons. The Morgan fingerprint density at radius 2 is 2.35 bits per heavy atom. The molecule has 1 saturated heterocycles. The van der Waals surface area contributed by atoms with Crippen molar-refractivity contribution in [3.05, 3.63) is 11.9 Å². The summed E-state index contributed by atoms with van der Waals surface area (Å²) in [7, 11) is 1.61. The minimum Gasteiger partial charge on any atom is -0.377 e. The van der Waals surface area contributed by atoms with Crippen molar-refractivity contribution < 1.29 is 9.53 Å². The van der Waals surface area contributed by atoms with Gasteiger partial charge in [0, 0.05) is 32.8 Å². The average Bonchev–Trinajstić information content (AvgIpc) is 2.64. The topological polar surface area (TPSA) is 79.4 Å². The Hall–Kier alpha value is -1.89. The van der Waals surface area contributed by atoms with Crippen molar-refractivity contribution in [3.63, 3.8) is 0 Å². The van der Waals surface area contributed by atoms with Crippen LogP contribution in [0.3, 0.4) is 0 Å². The molecule has 2 N–H and O–H groups in total. The summed E-state index contributed by atoms with van der Waals surface area (Å²) in [5.41, 5.74) is 0. The lowest BCUT2D eigenvalue weighted by atomic mass is 10.3. The van der Waals surface area contributed by atoms with E-state index in [2.05, 4.69) is 20.6 Å². The van der Waals surface area contributed by atoms with Crippen LogP contribution in [-0.4, -0.2) is 49.2 Å². The minimum atomic E-state index is 0.0272. The van der Waals surface area contributed by atoms with Gasteiger partial charge in [-0.05, 0) is 13.3 Å². The van der Waals surface area contributed by atoms with Crippen molar-refractivity contribution in [2.24, 2.45) is 0 Å². The van der Waals surface area contributed by atoms with E-state index in [1.165, 1.54) is 0 Å². The van der Waals surface area contributed by atoms with Crippen LogP contribution >= 0.6 is 0 Å². The summed E-state index contributed by atoms with van der Waals surface area (Å²) in [5, 5.41) is 6.04. The van der Waals surface area contributed by atoms with Gasteiger partial charge in [0.25, 0.3) is 0 Å². The molecule has 2 heterocycles. The van der Waals surface area contributed by atoms with Crippen LogP contribution in [0, 0.1) is 0 Å². The monoisotopic (exact) mass is 279 g/mol. The highest BCUT2D eigenvalue weighted by molar-refractivity contribution is 5.81. The van der Waals surface area contributed by atoms with Crippen LogP contribution in [-0.2, 0) is 16.1 Å². The van der Waals surface area contributed by atoms with E-state index >= 15 is 0 Å². The Bertz CT molecular complexity index is 442. The number of aromatic nitrogens is 2. The molecule has 1 aromatic heterocycles. The second-order valence-corrected chi connectivity index (χ2v) is 4.62. The zero-order valence-corrected chi connectivity index (χ0v) is 12.0. The lowest BCUT2D eigenvalue weighted by molar-refractivity contribution is -0.119. The molecule has 1 aliphatic heterocycles. The summed E-state index contributed by atoms with van der Waals surface area (Å²) in [4.78, 5) is 22.5. The standard InChI is InChI=1S/C13H21N5O2/c1-3-14-10-7-12(17-11(16-10)9-20-2)18-6-4-5-15-13(19)8-18/h7H,3-6,8-9H2,1-2H3,(H,15,19)(H,14,16,17). The first-order valence-electron chi connectivity index (χ1n) is 6.85. The number of hydrogen-bond acceptors (Lipinski definition) is 6. The van der Waals surface area contributed by atoms with E-state index < -0.39 is 0 Å². The molecule has 0 aliphatic carbocycles. The zero-order chi connectivity index (χ0) is 14.4. The molecule has 7 nitrogen and oxygen atoms in total. The molecular weight excluding hydrogens is 258 g/mol. The molecule has 0 unspecified atom stereocenters. The Kier molecular flexibility index (Phi) is 5.11. The maximum Gasteiger partial charge on any atom is 0.239 e. The number of rotatable bonds is 5. The maximum atomic E-state index is 11.7. The van der Waals surface area contributed by atoms with Gasteiger partial charge in [-0.15, -0.1) is 0 Å². The summed E-state index contributed by atoms with van der Waals surface area (Å²) in [6.45, 7) is 4.99. The van der Waals surface area contributed by atoms with Gasteiger partial charge in [0.2, 0.25) is 5.91 Å². The van der Waals surface area contributed by atoms with E-state index in [1.54, 1.807) is 7.11 Å². The Labute approximate surface area is 118 Å². The lowest BCUT2D eigenvalue weighted by Crippen LogP contribution is -2.33. The number of anilines is 2. The van der Waals surface area contributed by atoms with Crippen molar-refractivity contribution in [2.45, 2.75) is 20.0 Å². The highest BCUT2D eigenvalue weighted by atomic mass is 16.5. The molecule has 1 aliphatic rings. The molecular formula is C13H21N5O2. The summed E-state index contributed by atoms with van der Waals surface area (Å²) < 4.78 is 5.10. The van der Waals surface area contributed by atoms with Crippen molar-refractivity contribution in [2.75, 3.05) is 43.5 Å². The normalized spacial score (nSPS) is 15.7. The quantitative estimate of drug-likeness (QED) is 0.811. The van der Waals surface area contributed by atoms with Crippen LogP contribution in [0.5, 0.6) is 0 Å². The smallest absolute Gasteiger partial charge is 0.239 e. The predicted octanol–water partition coefficient (Wildman–Crippen LogP) is 0.381. The van der Waals surface area contributed by atoms with Gasteiger partial charge < -0.3 is 20.3 Å². The first-order valence-corrected chi connectivity index (χ1v) is 6.85. The van der Waals surface area contributed by atoms with E-state index in [9.17, 15) is 4.79 Å². The first kappa shape index (κ1) is 14.5. The summed E-state index contributed by atoms with van der Waals surface area (Å²) in [6, 6.07) is 1.88. The highest BCUT2D eigenvalue weighted by Crippen LogP contribution is 2.17. The van der Waals surface area contributed by atoms with Gasteiger partial charge in [-0.2, -0.15) is 0 Å². The van der Waals surface area contributed by atoms with Crippen LogP contribution in [0.15, 0.2) is 6.07 Å². The van der Waals surface area contributed by atoms with Gasteiger partial charge in [-0.1, -0.05) is 0 Å². The Morgan fingerprint density at radius 1 is 1.50 bits per heavy atom. The van der Waals surface area contributed by atoms with E-state index in [1.807, 2.05) is 17.9 Å². The average molecular weight is 279 g/mol. The van der Waals surface area contributed by atoms with Crippen LogP contribution in [0.4, 0.5) is 11.6 Å². The van der Waals surface area contributed by atoms with Gasteiger partial charge in [0.15, 0.2) is 5.82 Å². The molecule has 7 heteroatoms. The van der Waals surface area contributed by atoms with Crippen molar-refractivity contribution >= 4 is 17.5 Å². The molecule has 0 bridgehead atoms. The number of carbonyl (C=O) groups is 1. The molecule has 20 heavy (non-hydrogen) atoms. The van der Waals surface area contributed by atoms with Gasteiger partial charge in [0.1, 0.15) is 18.2 Å². The van der Waals surface area contributed by atoms with E-state index in [-0.39, 0.29) is 5.91 Å². The Morgan fingerprint density at radius 3 is 3.10 bits per heavy atom. The molecule has 0 spiro atoms. The van der Waals surface area contributed by atoms with Crippen molar-refractivity contribution in [1.29, 1.82) is 0 Å². The summed E-state index contributed by atoms with van der Waals surface area (Å²) >= 11 is 0. The SMILES string of the molecule is CCNc1cc(N2CCCNC(=O)C2)nc(COC)n1. The number of amides is 1. The largest absolute Gasteiger partial charge is 0.377 e. The number of hydrogen-bond donors (Lipinski definition) is 2. The van der Waals surface area contributed by atoms with Gasteiger partial charge in [0.05, 0.1) is 6.54 Å². The molecule has 1 amide bonds. The van der Waals surface area contributed by atoms with Crippen molar-refractivity contribution in [1.82, 2.24) is 15.3 Å². The number of nitrogens with zero attached hydrogens (tertiary/aromatic N) is 3.